The van der Waals surface area contributed by atoms with E-state index in [4.69, 9.17) is 16.2 Å². The number of carbonyl (C=O) groups excluding carboxylic acids is 6. The average Bonchev–Trinajstić information content (AvgIpc) is 3.98. The molecule has 0 aromatic heterocycles. The summed E-state index contributed by atoms with van der Waals surface area (Å²) in [6.45, 7) is -1.80. The number of guanidine groups is 2. The Morgan fingerprint density at radius 2 is 1.35 bits per heavy atom. The molecule has 0 saturated carbocycles. The van der Waals surface area contributed by atoms with Crippen molar-refractivity contribution in [1.29, 1.82) is 0 Å². The number of hydrogen-bond donors (Lipinski definition) is 17. The SMILES string of the molecule is CCC(c1ccccc1)C1NC(=O)CNC(=O)C(CO)NC(=O)C(C(O)C2CN=C(N)N2C2OC(CO)C(O)C(O)C2O)NC(=O)C(C(O)C2CN=C(N)N2)NC(=O)C(Cc2cc(Br)c(O)c(Br)c2)NC1=O. The van der Waals surface area contributed by atoms with Gasteiger partial charge in [0.15, 0.2) is 18.1 Å². The van der Waals surface area contributed by atoms with Crippen LogP contribution in [0, 0.1) is 0 Å². The molecule has 2 aromatic rings. The van der Waals surface area contributed by atoms with Crippen LogP contribution in [0.1, 0.15) is 30.4 Å². The molecule has 0 bridgehead atoms. The normalized spacial score (nSPS) is 31.4. The minimum atomic E-state index is -2.27. The van der Waals surface area contributed by atoms with Crippen LogP contribution in [-0.4, -0.2) is 211 Å². The third kappa shape index (κ3) is 12.5. The molecule has 0 spiro atoms. The second kappa shape index (κ2) is 24.3. The minimum absolute atomic E-state index is 0.148. The van der Waals surface area contributed by atoms with Crippen LogP contribution in [0.25, 0.3) is 0 Å². The highest BCUT2D eigenvalue weighted by Gasteiger charge is 2.52. The van der Waals surface area contributed by atoms with E-state index in [0.717, 1.165) is 4.90 Å². The van der Waals surface area contributed by atoms with Gasteiger partial charge in [0.1, 0.15) is 72.6 Å². The Kier molecular flexibility index (Phi) is 18.8. The van der Waals surface area contributed by atoms with Crippen molar-refractivity contribution in [1.82, 2.24) is 42.1 Å². The smallest absolute Gasteiger partial charge is 0.246 e. The van der Waals surface area contributed by atoms with Crippen LogP contribution in [0.5, 0.6) is 5.75 Å². The minimum Gasteiger partial charge on any atom is -0.506 e. The summed E-state index contributed by atoms with van der Waals surface area (Å²) in [6.07, 6.45) is -13.3. The molecular weight excluding hydrogens is 1080 g/mol. The number of aliphatic hydroxyl groups is 7. The molecule has 4 aliphatic heterocycles. The number of halogens is 2. The van der Waals surface area contributed by atoms with Crippen LogP contribution >= 0.6 is 31.9 Å². The van der Waals surface area contributed by atoms with Crippen molar-refractivity contribution in [3.8, 4) is 5.75 Å². The fourth-order valence-electron chi connectivity index (χ4n) is 8.79. The summed E-state index contributed by atoms with van der Waals surface area (Å²) in [5.74, 6) is -8.39. The second-order valence-electron chi connectivity index (χ2n) is 17.4. The van der Waals surface area contributed by atoms with Gasteiger partial charge < -0.3 is 99.2 Å². The zero-order chi connectivity index (χ0) is 52.7. The Bertz CT molecular complexity index is 2370. The fraction of sp³-hybridized carbons (Fsp3) is 0.535. The maximum atomic E-state index is 14.8. The van der Waals surface area contributed by atoms with Gasteiger partial charge in [-0.3, -0.25) is 38.8 Å². The van der Waals surface area contributed by atoms with Crippen LogP contribution in [0.15, 0.2) is 61.4 Å². The number of nitrogens with zero attached hydrogens (tertiary/aromatic N) is 3. The van der Waals surface area contributed by atoms with Crippen LogP contribution in [0.2, 0.25) is 0 Å². The molecule has 19 N–H and O–H groups in total. The van der Waals surface area contributed by atoms with Crippen molar-refractivity contribution >= 4 is 79.2 Å². The van der Waals surface area contributed by atoms with E-state index in [2.05, 4.69) is 79.1 Å². The number of aliphatic hydroxyl groups excluding tert-OH is 7. The van der Waals surface area contributed by atoms with Crippen molar-refractivity contribution in [3.63, 3.8) is 0 Å². The zero-order valence-corrected chi connectivity index (χ0v) is 41.5. The van der Waals surface area contributed by atoms with Crippen molar-refractivity contribution in [2.45, 2.75) is 111 Å². The van der Waals surface area contributed by atoms with Gasteiger partial charge in [-0.15, -0.1) is 0 Å². The van der Waals surface area contributed by atoms with Gasteiger partial charge in [0, 0.05) is 12.3 Å². The number of ether oxygens (including phenoxy) is 1. The molecule has 4 heterocycles. The Hall–Kier alpha value is -5.76. The molecule has 15 atom stereocenters. The zero-order valence-electron chi connectivity index (χ0n) is 38.3. The first-order chi connectivity index (χ1) is 34.2. The lowest BCUT2D eigenvalue weighted by Crippen LogP contribution is -2.70. The molecule has 0 aliphatic carbocycles. The number of aliphatic imine (C=N–C) groups is 2. The number of carbonyl (C=O) groups is 6. The first-order valence-electron chi connectivity index (χ1n) is 22.6. The number of phenols is 1. The molecule has 6 rings (SSSR count). The number of hydrogen-bond acceptors (Lipinski definition) is 21. The first-order valence-corrected chi connectivity index (χ1v) is 24.2. The maximum absolute atomic E-state index is 14.8. The number of benzene rings is 2. The molecule has 4 aliphatic rings. The number of aromatic hydroxyl groups is 1. The molecule has 2 aromatic carbocycles. The summed E-state index contributed by atoms with van der Waals surface area (Å²) in [4.78, 5) is 95.1. The molecule has 15 unspecified atom stereocenters. The molecule has 2 fully saturated rings. The Morgan fingerprint density at radius 1 is 0.736 bits per heavy atom. The molecule has 72 heavy (non-hydrogen) atoms. The van der Waals surface area contributed by atoms with E-state index >= 15 is 0 Å². The Labute approximate surface area is 427 Å². The Morgan fingerprint density at radius 3 is 1.96 bits per heavy atom. The van der Waals surface area contributed by atoms with Crippen LogP contribution in [0.3, 0.4) is 0 Å². The highest BCUT2D eigenvalue weighted by molar-refractivity contribution is 9.11. The van der Waals surface area contributed by atoms with Crippen molar-refractivity contribution in [2.75, 3.05) is 32.8 Å². The van der Waals surface area contributed by atoms with E-state index in [1.165, 1.54) is 12.1 Å². The quantitative estimate of drug-likeness (QED) is 0.0939. The topological polar surface area (TPSA) is 438 Å². The van der Waals surface area contributed by atoms with Crippen LogP contribution in [0.4, 0.5) is 0 Å². The molecule has 0 radical (unpaired) electrons. The van der Waals surface area contributed by atoms with Crippen molar-refractivity contribution in [2.24, 2.45) is 21.5 Å². The molecule has 29 heteroatoms. The lowest BCUT2D eigenvalue weighted by atomic mass is 9.88. The second-order valence-corrected chi connectivity index (χ2v) is 19.1. The molecule has 394 valence electrons. The van der Waals surface area contributed by atoms with Gasteiger partial charge in [-0.2, -0.15) is 0 Å². The summed E-state index contributed by atoms with van der Waals surface area (Å²) in [5.41, 5.74) is 13.0. The molecule has 6 amide bonds. The average molecular weight is 1140 g/mol. The largest absolute Gasteiger partial charge is 0.506 e. The number of nitrogens with two attached hydrogens (primary N) is 2. The summed E-state index contributed by atoms with van der Waals surface area (Å²) in [5, 5.41) is 104. The van der Waals surface area contributed by atoms with Crippen molar-refractivity contribution in [3.05, 3.63) is 62.5 Å². The van der Waals surface area contributed by atoms with Gasteiger partial charge in [-0.25, -0.2) is 0 Å². The lowest BCUT2D eigenvalue weighted by molar-refractivity contribution is -0.260. The first kappa shape index (κ1) is 55.6. The van der Waals surface area contributed by atoms with Gasteiger partial charge in [-0.1, -0.05) is 37.3 Å². The van der Waals surface area contributed by atoms with Crippen LogP contribution < -0.4 is 48.7 Å². The van der Waals surface area contributed by atoms with Gasteiger partial charge in [-0.05, 0) is 61.5 Å². The summed E-state index contributed by atoms with van der Waals surface area (Å²) >= 11 is 6.52. The van der Waals surface area contributed by atoms with E-state index in [9.17, 15) is 69.6 Å². The fourth-order valence-corrected chi connectivity index (χ4v) is 10.1. The third-order valence-corrected chi connectivity index (χ3v) is 13.9. The van der Waals surface area contributed by atoms with E-state index in [1.54, 1.807) is 37.3 Å². The predicted octanol–water partition coefficient (Wildman–Crippen LogP) is -6.99. The summed E-state index contributed by atoms with van der Waals surface area (Å²) in [7, 11) is 0. The van der Waals surface area contributed by atoms with Gasteiger partial charge in [0.25, 0.3) is 0 Å². The number of rotatable bonds is 12. The van der Waals surface area contributed by atoms with Gasteiger partial charge in [0.2, 0.25) is 35.4 Å². The van der Waals surface area contributed by atoms with Crippen LogP contribution in [-0.2, 0) is 39.9 Å². The van der Waals surface area contributed by atoms with Gasteiger partial charge >= 0.3 is 0 Å². The number of nitrogens with one attached hydrogen (secondary N) is 7. The van der Waals surface area contributed by atoms with E-state index < -0.39 is 159 Å². The summed E-state index contributed by atoms with van der Waals surface area (Å²) in [6, 6.07) is -0.641. The standard InChI is InChI=1S/C43H58Br2N12O15/c1-2-18(17-6-4-3-5-7-17)27-38(69)51-21(10-16-8-19(44)30(61)20(45)9-16)37(68)55-28(31(62)22-11-49-42(46)53-22)40(71)56-29(39(70)52-23(14-58)36(67)48-13-26(60)54-27)32(63)24-12-50-43(47)57(24)41-35(66)34(65)33(64)25(15-59)72-41/h3-9,18,21-25,27-29,31-35,41,58-59,61-66H,2,10-15H2,1H3,(H2,47,50)(H,48,67)(H,51,69)(H,52,70)(H,54,60)(H,55,68)(H,56,71)(H3,46,49,53). The Balaban J connectivity index is 1.44. The molecule has 2 saturated heterocycles. The number of phenolic OH excluding ortho intramolecular Hbond substituents is 1. The summed E-state index contributed by atoms with van der Waals surface area (Å²) < 4.78 is 6.04. The van der Waals surface area contributed by atoms with Crippen molar-refractivity contribution < 1.29 is 74.4 Å². The monoisotopic (exact) mass is 1140 g/mol. The lowest BCUT2D eigenvalue weighted by Gasteiger charge is -2.46. The third-order valence-electron chi connectivity index (χ3n) is 12.7. The maximum Gasteiger partial charge on any atom is 0.246 e. The highest BCUT2D eigenvalue weighted by Crippen LogP contribution is 2.34. The predicted molar refractivity (Wildman–Crippen MR) is 258 cm³/mol. The van der Waals surface area contributed by atoms with E-state index in [0.29, 0.717) is 11.1 Å². The van der Waals surface area contributed by atoms with Gasteiger partial charge in [0.05, 0.1) is 53.9 Å². The molecule has 27 nitrogen and oxygen atoms in total. The molecular formula is C43H58Br2N12O15. The van der Waals surface area contributed by atoms with E-state index in [1.807, 2.05) is 0 Å². The highest BCUT2D eigenvalue weighted by atomic mass is 79.9. The number of amides is 6. The van der Waals surface area contributed by atoms with E-state index in [-0.39, 0.29) is 40.0 Å².